The maximum Gasteiger partial charge on any atom is 0.390 e. The zero-order chi connectivity index (χ0) is 20.1. The quantitative estimate of drug-likeness (QED) is 0.735. The van der Waals surface area contributed by atoms with Crippen molar-refractivity contribution >= 4 is 21.6 Å². The zero-order valence-corrected chi connectivity index (χ0v) is 16.0. The van der Waals surface area contributed by atoms with Gasteiger partial charge < -0.3 is 5.32 Å². The summed E-state index contributed by atoms with van der Waals surface area (Å²) in [6.07, 6.45) is -5.26. The van der Waals surface area contributed by atoms with E-state index in [1.165, 1.54) is 47.6 Å². The molecule has 0 unspecified atom stereocenters. The summed E-state index contributed by atoms with van der Waals surface area (Å²) in [6.45, 7) is 3.02. The number of halogens is 3. The molecule has 0 aliphatic rings. The summed E-state index contributed by atoms with van der Waals surface area (Å²) in [5.41, 5.74) is 0.366. The average Bonchev–Trinajstić information content (AvgIpc) is 2.51. The molecule has 0 saturated heterocycles. The molecule has 0 saturated carbocycles. The highest BCUT2D eigenvalue weighted by Crippen LogP contribution is 2.20. The minimum absolute atomic E-state index is 0.0917. The van der Waals surface area contributed by atoms with E-state index in [9.17, 15) is 26.4 Å². The number of alkyl halides is 3. The Morgan fingerprint density at radius 3 is 2.15 bits per heavy atom. The first-order chi connectivity index (χ1) is 11.8. The molecule has 0 heterocycles. The first-order valence-electron chi connectivity index (χ1n) is 7.96. The van der Waals surface area contributed by atoms with Crippen molar-refractivity contribution in [1.82, 2.24) is 9.21 Å². The third-order valence-electron chi connectivity index (χ3n) is 3.73. The third-order valence-corrected chi connectivity index (χ3v) is 5.78. The van der Waals surface area contributed by atoms with Crippen LogP contribution in [0.1, 0.15) is 20.3 Å². The number of carbonyl (C=O) groups is 1. The van der Waals surface area contributed by atoms with E-state index in [0.717, 1.165) is 0 Å². The van der Waals surface area contributed by atoms with Crippen LogP contribution in [-0.2, 0) is 14.8 Å². The van der Waals surface area contributed by atoms with E-state index >= 15 is 0 Å². The SMILES string of the molecule is CC(C)N(C)S(=O)(=O)c1ccc(NC(=O)CN(C)CCC(F)(F)F)cc1. The number of nitrogens with zero attached hydrogens (tertiary/aromatic N) is 2. The van der Waals surface area contributed by atoms with Gasteiger partial charge in [-0.15, -0.1) is 0 Å². The molecule has 148 valence electrons. The van der Waals surface area contributed by atoms with Crippen molar-refractivity contribution in [2.24, 2.45) is 0 Å². The van der Waals surface area contributed by atoms with Crippen LogP contribution in [0.15, 0.2) is 29.2 Å². The molecular formula is C16H24F3N3O3S. The van der Waals surface area contributed by atoms with Gasteiger partial charge in [-0.1, -0.05) is 0 Å². The summed E-state index contributed by atoms with van der Waals surface area (Å²) >= 11 is 0. The molecule has 0 aliphatic heterocycles. The molecule has 1 aromatic carbocycles. The summed E-state index contributed by atoms with van der Waals surface area (Å²) in [4.78, 5) is 13.2. The first-order valence-corrected chi connectivity index (χ1v) is 9.40. The van der Waals surface area contributed by atoms with E-state index in [1.54, 1.807) is 13.8 Å². The van der Waals surface area contributed by atoms with Gasteiger partial charge in [0.05, 0.1) is 17.9 Å². The second kappa shape index (κ2) is 8.83. The topological polar surface area (TPSA) is 69.7 Å². The zero-order valence-electron chi connectivity index (χ0n) is 15.2. The van der Waals surface area contributed by atoms with Gasteiger partial charge in [0.25, 0.3) is 0 Å². The maximum atomic E-state index is 12.3. The first kappa shape index (κ1) is 22.4. The number of amides is 1. The number of rotatable bonds is 8. The Hall–Kier alpha value is -1.65. The molecule has 0 fully saturated rings. The van der Waals surface area contributed by atoms with E-state index in [-0.39, 0.29) is 24.0 Å². The predicted octanol–water partition coefficient (Wildman–Crippen LogP) is 2.54. The lowest BCUT2D eigenvalue weighted by molar-refractivity contribution is -0.138. The van der Waals surface area contributed by atoms with E-state index in [1.807, 2.05) is 0 Å². The van der Waals surface area contributed by atoms with Gasteiger partial charge in [0.2, 0.25) is 15.9 Å². The highest BCUT2D eigenvalue weighted by Gasteiger charge is 2.27. The second-order valence-electron chi connectivity index (χ2n) is 6.29. The van der Waals surface area contributed by atoms with Gasteiger partial charge >= 0.3 is 6.18 Å². The fourth-order valence-corrected chi connectivity index (χ4v) is 3.36. The summed E-state index contributed by atoms with van der Waals surface area (Å²) in [5, 5.41) is 2.53. The third kappa shape index (κ3) is 6.93. The standard InChI is InChI=1S/C16H24F3N3O3S/c1-12(2)22(4)26(24,25)14-7-5-13(6-8-14)20-15(23)11-21(3)10-9-16(17,18)19/h5-8,12H,9-11H2,1-4H3,(H,20,23). The van der Waals surface area contributed by atoms with Gasteiger partial charge in [-0.25, -0.2) is 8.42 Å². The number of benzene rings is 1. The summed E-state index contributed by atoms with van der Waals surface area (Å²) in [7, 11) is -0.720. The molecular weight excluding hydrogens is 371 g/mol. The van der Waals surface area contributed by atoms with Crippen LogP contribution in [0.2, 0.25) is 0 Å². The molecule has 1 aromatic rings. The predicted molar refractivity (Wildman–Crippen MR) is 93.3 cm³/mol. The van der Waals surface area contributed by atoms with Crippen molar-refractivity contribution in [1.29, 1.82) is 0 Å². The molecule has 6 nitrogen and oxygen atoms in total. The fourth-order valence-electron chi connectivity index (χ4n) is 2.00. The largest absolute Gasteiger partial charge is 0.390 e. The molecule has 0 spiro atoms. The number of sulfonamides is 1. The van der Waals surface area contributed by atoms with Crippen LogP contribution < -0.4 is 5.32 Å². The minimum Gasteiger partial charge on any atom is -0.325 e. The van der Waals surface area contributed by atoms with Crippen molar-refractivity contribution in [2.45, 2.75) is 37.4 Å². The van der Waals surface area contributed by atoms with Gasteiger partial charge in [0.15, 0.2) is 0 Å². The number of carbonyl (C=O) groups excluding carboxylic acids is 1. The minimum atomic E-state index is -4.27. The number of hydrogen-bond donors (Lipinski definition) is 1. The molecule has 1 rings (SSSR count). The van der Waals surface area contributed by atoms with E-state index in [2.05, 4.69) is 5.32 Å². The molecule has 10 heteroatoms. The Bertz CT molecular complexity index is 704. The molecule has 0 atom stereocenters. The van der Waals surface area contributed by atoms with Gasteiger partial charge in [-0.05, 0) is 45.2 Å². The summed E-state index contributed by atoms with van der Waals surface area (Å²) in [5.74, 6) is -0.482. The normalized spacial score (nSPS) is 12.8. The van der Waals surface area contributed by atoms with Crippen LogP contribution in [0.4, 0.5) is 18.9 Å². The Morgan fingerprint density at radius 2 is 1.69 bits per heavy atom. The fraction of sp³-hybridized carbons (Fsp3) is 0.562. The van der Waals surface area contributed by atoms with E-state index in [0.29, 0.717) is 5.69 Å². The molecule has 1 N–H and O–H groups in total. The van der Waals surface area contributed by atoms with Crippen LogP contribution in [0.5, 0.6) is 0 Å². The van der Waals surface area contributed by atoms with Crippen molar-refractivity contribution in [2.75, 3.05) is 32.5 Å². The van der Waals surface area contributed by atoms with Crippen molar-refractivity contribution < 1.29 is 26.4 Å². The van der Waals surface area contributed by atoms with Crippen molar-refractivity contribution in [3.63, 3.8) is 0 Å². The highest BCUT2D eigenvalue weighted by atomic mass is 32.2. The van der Waals surface area contributed by atoms with Crippen LogP contribution in [0.3, 0.4) is 0 Å². The van der Waals surface area contributed by atoms with Gasteiger partial charge in [0, 0.05) is 25.3 Å². The van der Waals surface area contributed by atoms with E-state index in [4.69, 9.17) is 0 Å². The van der Waals surface area contributed by atoms with Gasteiger partial charge in [-0.2, -0.15) is 17.5 Å². The van der Waals surface area contributed by atoms with Gasteiger partial charge in [0.1, 0.15) is 0 Å². The Labute approximate surface area is 152 Å². The lowest BCUT2D eigenvalue weighted by atomic mass is 10.3. The molecule has 0 bridgehead atoms. The lowest BCUT2D eigenvalue weighted by Crippen LogP contribution is -2.33. The molecule has 0 aliphatic carbocycles. The summed E-state index contributed by atoms with van der Waals surface area (Å²) in [6, 6.07) is 5.42. The van der Waals surface area contributed by atoms with Crippen molar-refractivity contribution in [3.05, 3.63) is 24.3 Å². The van der Waals surface area contributed by atoms with E-state index < -0.39 is 28.5 Å². The molecule has 0 aromatic heterocycles. The van der Waals surface area contributed by atoms with Crippen LogP contribution in [0, 0.1) is 0 Å². The van der Waals surface area contributed by atoms with Crippen molar-refractivity contribution in [3.8, 4) is 0 Å². The Balaban J connectivity index is 2.66. The number of hydrogen-bond acceptors (Lipinski definition) is 4. The Kier molecular flexibility index (Phi) is 7.60. The Morgan fingerprint density at radius 1 is 1.15 bits per heavy atom. The number of anilines is 1. The molecule has 1 amide bonds. The number of likely N-dealkylation sites (N-methyl/N-ethyl adjacent to an activating group) is 1. The number of nitrogens with one attached hydrogen (secondary N) is 1. The van der Waals surface area contributed by atoms with Crippen LogP contribution in [0.25, 0.3) is 0 Å². The molecule has 26 heavy (non-hydrogen) atoms. The van der Waals surface area contributed by atoms with Gasteiger partial charge in [-0.3, -0.25) is 9.69 Å². The maximum absolute atomic E-state index is 12.3. The smallest absolute Gasteiger partial charge is 0.325 e. The second-order valence-corrected chi connectivity index (χ2v) is 8.29. The van der Waals surface area contributed by atoms with Crippen LogP contribution in [-0.4, -0.2) is 62.9 Å². The summed E-state index contributed by atoms with van der Waals surface area (Å²) < 4.78 is 62.4. The monoisotopic (exact) mass is 395 g/mol. The lowest BCUT2D eigenvalue weighted by Gasteiger charge is -2.21. The highest BCUT2D eigenvalue weighted by molar-refractivity contribution is 7.89. The average molecular weight is 395 g/mol. The van der Waals surface area contributed by atoms with Crippen LogP contribution >= 0.6 is 0 Å². The molecule has 0 radical (unpaired) electrons.